The number of nitrogens with zero attached hydrogens (tertiary/aromatic N) is 4. The van der Waals surface area contributed by atoms with Gasteiger partial charge in [0.05, 0.1) is 19.9 Å². The van der Waals surface area contributed by atoms with E-state index >= 15 is 0 Å². The van der Waals surface area contributed by atoms with Crippen molar-refractivity contribution in [2.75, 3.05) is 21.3 Å². The molecule has 0 aliphatic rings. The Morgan fingerprint density at radius 2 is 1.82 bits per heavy atom. The van der Waals surface area contributed by atoms with Gasteiger partial charge in [0.25, 0.3) is 5.56 Å². The fraction of sp³-hybridized carbons (Fsp3) is 0.450. The van der Waals surface area contributed by atoms with Gasteiger partial charge in [0.2, 0.25) is 4.96 Å². The average molecular weight is 403 g/mol. The predicted molar refractivity (Wildman–Crippen MR) is 111 cm³/mol. The van der Waals surface area contributed by atoms with Crippen LogP contribution >= 0.6 is 11.3 Å². The van der Waals surface area contributed by atoms with Crippen molar-refractivity contribution in [2.45, 2.75) is 39.3 Å². The van der Waals surface area contributed by atoms with Gasteiger partial charge in [0.15, 0.2) is 11.5 Å². The zero-order valence-corrected chi connectivity index (χ0v) is 18.0. The molecule has 3 rings (SSSR count). The van der Waals surface area contributed by atoms with Gasteiger partial charge in [0, 0.05) is 24.6 Å². The number of hydrogen-bond acceptors (Lipinski definition) is 7. The number of aromatic nitrogens is 3. The molecule has 0 fully saturated rings. The van der Waals surface area contributed by atoms with E-state index in [9.17, 15) is 4.79 Å². The second kappa shape index (κ2) is 7.89. The van der Waals surface area contributed by atoms with Crippen molar-refractivity contribution in [3.63, 3.8) is 0 Å². The molecule has 0 atom stereocenters. The van der Waals surface area contributed by atoms with Crippen molar-refractivity contribution >= 4 is 16.3 Å². The van der Waals surface area contributed by atoms with Crippen LogP contribution in [0.5, 0.6) is 11.5 Å². The highest BCUT2D eigenvalue weighted by molar-refractivity contribution is 7.16. The van der Waals surface area contributed by atoms with Crippen LogP contribution in [0.1, 0.15) is 37.0 Å². The molecule has 0 radical (unpaired) electrons. The SMILES string of the molecule is COc1ccc(CN(C)Cc2cc(=O)n3nc(C(C)(C)C)sc3n2)cc1OC. The minimum Gasteiger partial charge on any atom is -0.493 e. The van der Waals surface area contributed by atoms with Crippen molar-refractivity contribution in [1.29, 1.82) is 0 Å². The van der Waals surface area contributed by atoms with Crippen molar-refractivity contribution in [1.82, 2.24) is 19.5 Å². The lowest BCUT2D eigenvalue weighted by Crippen LogP contribution is -2.22. The average Bonchev–Trinajstić information content (AvgIpc) is 3.06. The molecule has 150 valence electrons. The Morgan fingerprint density at radius 1 is 1.11 bits per heavy atom. The van der Waals surface area contributed by atoms with Gasteiger partial charge < -0.3 is 9.47 Å². The van der Waals surface area contributed by atoms with Crippen LogP contribution in [0.15, 0.2) is 29.1 Å². The van der Waals surface area contributed by atoms with Crippen LogP contribution in [-0.4, -0.2) is 40.8 Å². The minimum atomic E-state index is -0.147. The molecule has 1 aromatic carbocycles. The first kappa shape index (κ1) is 20.3. The maximum Gasteiger partial charge on any atom is 0.275 e. The molecular formula is C20H26N4O3S. The van der Waals surface area contributed by atoms with Gasteiger partial charge >= 0.3 is 0 Å². The fourth-order valence-corrected chi connectivity index (χ4v) is 3.85. The molecule has 0 aliphatic carbocycles. The number of ether oxygens (including phenoxy) is 2. The molecule has 2 aromatic heterocycles. The quantitative estimate of drug-likeness (QED) is 0.631. The molecule has 0 amide bonds. The Kier molecular flexibility index (Phi) is 5.71. The van der Waals surface area contributed by atoms with Crippen molar-refractivity contribution < 1.29 is 9.47 Å². The second-order valence-corrected chi connectivity index (χ2v) is 8.75. The van der Waals surface area contributed by atoms with Crippen LogP contribution in [-0.2, 0) is 18.5 Å². The molecule has 3 aromatic rings. The predicted octanol–water partition coefficient (Wildman–Crippen LogP) is 3.10. The first-order valence-electron chi connectivity index (χ1n) is 9.01. The molecule has 2 heterocycles. The Balaban J connectivity index is 1.79. The molecule has 8 heteroatoms. The van der Waals surface area contributed by atoms with E-state index in [0.717, 1.165) is 16.3 Å². The number of rotatable bonds is 6. The van der Waals surface area contributed by atoms with Crippen LogP contribution in [0.25, 0.3) is 4.96 Å². The van der Waals surface area contributed by atoms with E-state index in [-0.39, 0.29) is 11.0 Å². The molecule has 0 saturated heterocycles. The van der Waals surface area contributed by atoms with Gasteiger partial charge in [-0.05, 0) is 24.7 Å². The van der Waals surface area contributed by atoms with E-state index in [2.05, 4.69) is 35.8 Å². The summed E-state index contributed by atoms with van der Waals surface area (Å²) in [5.74, 6) is 1.40. The first-order chi connectivity index (χ1) is 13.2. The largest absolute Gasteiger partial charge is 0.493 e. The third-order valence-corrected chi connectivity index (χ3v) is 5.61. The maximum atomic E-state index is 12.5. The van der Waals surface area contributed by atoms with Gasteiger partial charge in [-0.3, -0.25) is 9.69 Å². The van der Waals surface area contributed by atoms with E-state index in [1.54, 1.807) is 20.3 Å². The molecule has 0 aliphatic heterocycles. The summed E-state index contributed by atoms with van der Waals surface area (Å²) in [5.41, 5.74) is 1.56. The molecule has 0 bridgehead atoms. The number of methoxy groups -OCH3 is 2. The zero-order chi connectivity index (χ0) is 20.5. The van der Waals surface area contributed by atoms with E-state index in [1.807, 2.05) is 25.2 Å². The van der Waals surface area contributed by atoms with Crippen LogP contribution in [0.2, 0.25) is 0 Å². The Hall–Kier alpha value is -2.45. The highest BCUT2D eigenvalue weighted by Crippen LogP contribution is 2.28. The lowest BCUT2D eigenvalue weighted by atomic mass is 9.98. The van der Waals surface area contributed by atoms with Crippen molar-refractivity contribution in [3.8, 4) is 11.5 Å². The molecule has 7 nitrogen and oxygen atoms in total. The zero-order valence-electron chi connectivity index (χ0n) is 17.1. The smallest absolute Gasteiger partial charge is 0.275 e. The van der Waals surface area contributed by atoms with Crippen LogP contribution in [0.3, 0.4) is 0 Å². The Morgan fingerprint density at radius 3 is 2.46 bits per heavy atom. The Bertz CT molecular complexity index is 1040. The maximum absolute atomic E-state index is 12.5. The van der Waals surface area contributed by atoms with E-state index < -0.39 is 0 Å². The van der Waals surface area contributed by atoms with E-state index in [0.29, 0.717) is 29.5 Å². The molecule has 0 saturated carbocycles. The summed E-state index contributed by atoms with van der Waals surface area (Å²) >= 11 is 1.46. The third-order valence-electron chi connectivity index (χ3n) is 4.27. The van der Waals surface area contributed by atoms with Crippen molar-refractivity contribution in [3.05, 3.63) is 50.9 Å². The monoisotopic (exact) mass is 402 g/mol. The summed E-state index contributed by atoms with van der Waals surface area (Å²) in [4.78, 5) is 19.8. The van der Waals surface area contributed by atoms with Gasteiger partial charge in [0.1, 0.15) is 5.01 Å². The van der Waals surface area contributed by atoms with Crippen LogP contribution in [0.4, 0.5) is 0 Å². The minimum absolute atomic E-state index is 0.116. The van der Waals surface area contributed by atoms with Gasteiger partial charge in [-0.25, -0.2) is 4.98 Å². The Labute approximate surface area is 168 Å². The van der Waals surface area contributed by atoms with Crippen LogP contribution < -0.4 is 15.0 Å². The lowest BCUT2D eigenvalue weighted by molar-refractivity contribution is 0.312. The van der Waals surface area contributed by atoms with Crippen LogP contribution in [0, 0.1) is 0 Å². The molecular weight excluding hydrogens is 376 g/mol. The molecule has 28 heavy (non-hydrogen) atoms. The lowest BCUT2D eigenvalue weighted by Gasteiger charge is -2.17. The fourth-order valence-electron chi connectivity index (χ4n) is 2.86. The molecule has 0 unspecified atom stereocenters. The van der Waals surface area contributed by atoms with Gasteiger partial charge in [-0.2, -0.15) is 9.61 Å². The summed E-state index contributed by atoms with van der Waals surface area (Å²) in [6.45, 7) is 7.48. The number of fused-ring (bicyclic) bond motifs is 1. The summed E-state index contributed by atoms with van der Waals surface area (Å²) < 4.78 is 12.0. The highest BCUT2D eigenvalue weighted by atomic mass is 32.1. The summed E-state index contributed by atoms with van der Waals surface area (Å²) in [6, 6.07) is 7.41. The van der Waals surface area contributed by atoms with Crippen molar-refractivity contribution in [2.24, 2.45) is 0 Å². The van der Waals surface area contributed by atoms with E-state index in [1.165, 1.54) is 15.9 Å². The second-order valence-electron chi connectivity index (χ2n) is 7.80. The normalized spacial score (nSPS) is 12.0. The summed E-state index contributed by atoms with van der Waals surface area (Å²) in [5, 5.41) is 5.32. The molecule has 0 spiro atoms. The first-order valence-corrected chi connectivity index (χ1v) is 9.82. The van der Waals surface area contributed by atoms with Gasteiger partial charge in [-0.15, -0.1) is 0 Å². The number of hydrogen-bond donors (Lipinski definition) is 0. The third kappa shape index (κ3) is 4.34. The molecule has 0 N–H and O–H groups in total. The standard InChI is InChI=1S/C20H26N4O3S/c1-20(2,3)18-22-24-17(25)10-14(21-19(24)28-18)12-23(4)11-13-7-8-15(26-5)16(9-13)27-6/h7-10H,11-12H2,1-6H3. The topological polar surface area (TPSA) is 69.0 Å². The van der Waals surface area contributed by atoms with E-state index in [4.69, 9.17) is 9.47 Å². The summed E-state index contributed by atoms with van der Waals surface area (Å²) in [7, 11) is 5.24. The summed E-state index contributed by atoms with van der Waals surface area (Å²) in [6.07, 6.45) is 0. The highest BCUT2D eigenvalue weighted by Gasteiger charge is 2.20. The van der Waals surface area contributed by atoms with Gasteiger partial charge in [-0.1, -0.05) is 38.2 Å². The number of benzene rings is 1.